The third-order valence-corrected chi connectivity index (χ3v) is 6.20. The number of aromatic nitrogens is 1. The minimum Gasteiger partial charge on any atom is -0.480 e. The zero-order valence-corrected chi connectivity index (χ0v) is 18.4. The van der Waals surface area contributed by atoms with E-state index in [1.54, 1.807) is 7.11 Å². The molecule has 0 atom stereocenters. The lowest BCUT2D eigenvalue weighted by Crippen LogP contribution is -2.50. The first-order chi connectivity index (χ1) is 14.0. The van der Waals surface area contributed by atoms with Gasteiger partial charge in [-0.05, 0) is 86.6 Å². The summed E-state index contributed by atoms with van der Waals surface area (Å²) in [6.45, 7) is 8.05. The highest BCUT2D eigenvalue weighted by Crippen LogP contribution is 2.30. The van der Waals surface area contributed by atoms with Gasteiger partial charge < -0.3 is 19.9 Å². The predicted molar refractivity (Wildman–Crippen MR) is 123 cm³/mol. The van der Waals surface area contributed by atoms with Crippen LogP contribution in [0, 0.1) is 13.8 Å². The number of fused-ring (bicyclic) bond motifs is 1. The van der Waals surface area contributed by atoms with Gasteiger partial charge in [-0.25, -0.2) is 4.98 Å². The second kappa shape index (κ2) is 8.57. The van der Waals surface area contributed by atoms with Crippen molar-refractivity contribution in [1.29, 1.82) is 0 Å². The number of piperazine rings is 1. The summed E-state index contributed by atoms with van der Waals surface area (Å²) in [6, 6.07) is 8.93. The van der Waals surface area contributed by atoms with Crippen molar-refractivity contribution in [3.05, 3.63) is 46.6 Å². The maximum Gasteiger partial charge on any atom is 0.237 e. The second-order valence-electron chi connectivity index (χ2n) is 8.11. The van der Waals surface area contributed by atoms with Crippen molar-refractivity contribution in [2.75, 3.05) is 43.5 Å². The van der Waals surface area contributed by atoms with E-state index < -0.39 is 0 Å². The monoisotopic (exact) mass is 410 g/mol. The van der Waals surface area contributed by atoms with Crippen LogP contribution < -0.4 is 15.0 Å². The number of hydrogen-bond acceptors (Lipinski definition) is 4. The number of methoxy groups -OCH3 is 1. The molecule has 1 N–H and O–H groups in total. The van der Waals surface area contributed by atoms with Crippen LogP contribution in [0.15, 0.2) is 24.3 Å². The predicted octanol–water partition coefficient (Wildman–Crippen LogP) is 4.10. The fourth-order valence-corrected chi connectivity index (χ4v) is 4.65. The Labute approximate surface area is 179 Å². The van der Waals surface area contributed by atoms with E-state index in [-0.39, 0.29) is 0 Å². The topological polar surface area (TPSA) is 40.6 Å². The molecular weight excluding hydrogens is 380 g/mol. The molecule has 1 saturated heterocycles. The summed E-state index contributed by atoms with van der Waals surface area (Å²) in [5.74, 6) is 0.641. The Morgan fingerprint density at radius 2 is 1.69 bits per heavy atom. The molecular formula is C23H30N4OS. The van der Waals surface area contributed by atoms with Crippen molar-refractivity contribution in [2.24, 2.45) is 0 Å². The van der Waals surface area contributed by atoms with Gasteiger partial charge in [0.2, 0.25) is 5.88 Å². The zero-order valence-electron chi connectivity index (χ0n) is 17.6. The average Bonchev–Trinajstić information content (AvgIpc) is 2.72. The lowest BCUT2D eigenvalue weighted by atomic mass is 9.96. The molecule has 1 aromatic heterocycles. The molecule has 4 rings (SSSR count). The van der Waals surface area contributed by atoms with Gasteiger partial charge in [0.05, 0.1) is 7.11 Å². The molecule has 2 heterocycles. The SMILES string of the molecule is COc1nc2c(cc1NC(=S)N1CCN(c3cc(C)cc(C)c3)CC1)CCCC2. The molecule has 0 bridgehead atoms. The number of nitrogens with zero attached hydrogens (tertiary/aromatic N) is 3. The average molecular weight is 411 g/mol. The van der Waals surface area contributed by atoms with E-state index in [0.29, 0.717) is 5.88 Å². The largest absolute Gasteiger partial charge is 0.480 e. The number of thiocarbonyl (C=S) groups is 1. The van der Waals surface area contributed by atoms with Crippen molar-refractivity contribution in [3.63, 3.8) is 0 Å². The van der Waals surface area contributed by atoms with E-state index in [1.165, 1.54) is 40.9 Å². The van der Waals surface area contributed by atoms with Crippen LogP contribution in [0.3, 0.4) is 0 Å². The third-order valence-electron chi connectivity index (χ3n) is 5.84. The van der Waals surface area contributed by atoms with Crippen LogP contribution in [0.2, 0.25) is 0 Å². The molecule has 0 unspecified atom stereocenters. The van der Waals surface area contributed by atoms with Gasteiger partial charge in [-0.1, -0.05) is 6.07 Å². The summed E-state index contributed by atoms with van der Waals surface area (Å²) in [4.78, 5) is 9.42. The van der Waals surface area contributed by atoms with Crippen molar-refractivity contribution in [1.82, 2.24) is 9.88 Å². The van der Waals surface area contributed by atoms with Crippen molar-refractivity contribution < 1.29 is 4.74 Å². The number of anilines is 2. The zero-order chi connectivity index (χ0) is 20.4. The van der Waals surface area contributed by atoms with Gasteiger partial charge in [0, 0.05) is 37.6 Å². The molecule has 1 aliphatic carbocycles. The molecule has 1 fully saturated rings. The Balaban J connectivity index is 1.41. The smallest absolute Gasteiger partial charge is 0.237 e. The normalized spacial score (nSPS) is 16.4. The highest BCUT2D eigenvalue weighted by Gasteiger charge is 2.22. The molecule has 1 aliphatic heterocycles. The quantitative estimate of drug-likeness (QED) is 0.768. The minimum absolute atomic E-state index is 0.641. The first kappa shape index (κ1) is 20.0. The molecule has 2 aliphatic rings. The number of pyridine rings is 1. The highest BCUT2D eigenvalue weighted by atomic mass is 32.1. The summed E-state index contributed by atoms with van der Waals surface area (Å²) < 4.78 is 5.54. The Kier molecular flexibility index (Phi) is 5.90. The summed E-state index contributed by atoms with van der Waals surface area (Å²) in [6.07, 6.45) is 4.56. The molecule has 0 spiro atoms. The van der Waals surface area contributed by atoms with Crippen molar-refractivity contribution in [3.8, 4) is 5.88 Å². The van der Waals surface area contributed by atoms with Crippen molar-refractivity contribution >= 4 is 28.7 Å². The lowest BCUT2D eigenvalue weighted by Gasteiger charge is -2.37. The second-order valence-corrected chi connectivity index (χ2v) is 8.49. The lowest BCUT2D eigenvalue weighted by molar-refractivity contribution is 0.388. The summed E-state index contributed by atoms with van der Waals surface area (Å²) in [7, 11) is 1.67. The van der Waals surface area contributed by atoms with Crippen LogP contribution in [0.1, 0.15) is 35.2 Å². The van der Waals surface area contributed by atoms with Crippen molar-refractivity contribution in [2.45, 2.75) is 39.5 Å². The number of rotatable bonds is 3. The third kappa shape index (κ3) is 4.47. The van der Waals surface area contributed by atoms with Crippen LogP contribution in [0.25, 0.3) is 0 Å². The first-order valence-electron chi connectivity index (χ1n) is 10.5. The molecule has 5 nitrogen and oxygen atoms in total. The van der Waals surface area contributed by atoms with Gasteiger partial charge in [0.1, 0.15) is 5.69 Å². The number of ether oxygens (including phenoxy) is 1. The summed E-state index contributed by atoms with van der Waals surface area (Å²) in [5.41, 5.74) is 7.31. The molecule has 0 saturated carbocycles. The Morgan fingerprint density at radius 3 is 2.38 bits per heavy atom. The molecule has 29 heavy (non-hydrogen) atoms. The molecule has 0 radical (unpaired) electrons. The van der Waals surface area contributed by atoms with Gasteiger partial charge >= 0.3 is 0 Å². The number of benzene rings is 1. The molecule has 6 heteroatoms. The molecule has 2 aromatic rings. The van der Waals surface area contributed by atoms with Crippen LogP contribution in [-0.4, -0.2) is 48.3 Å². The van der Waals surface area contributed by atoms with Crippen LogP contribution in [-0.2, 0) is 12.8 Å². The number of hydrogen-bond donors (Lipinski definition) is 1. The number of nitrogens with one attached hydrogen (secondary N) is 1. The van der Waals surface area contributed by atoms with Crippen LogP contribution >= 0.6 is 12.2 Å². The highest BCUT2D eigenvalue weighted by molar-refractivity contribution is 7.80. The Morgan fingerprint density at radius 1 is 1.00 bits per heavy atom. The van der Waals surface area contributed by atoms with Gasteiger partial charge in [-0.15, -0.1) is 0 Å². The minimum atomic E-state index is 0.641. The molecule has 154 valence electrons. The van der Waals surface area contributed by atoms with Gasteiger partial charge in [-0.3, -0.25) is 0 Å². The summed E-state index contributed by atoms with van der Waals surface area (Å²) in [5, 5.41) is 4.16. The van der Waals surface area contributed by atoms with Crippen LogP contribution in [0.5, 0.6) is 5.88 Å². The standard InChI is InChI=1S/C23H30N4OS/c1-16-12-17(2)14-19(13-16)26-8-10-27(11-9-26)23(29)25-21-15-18-6-4-5-7-20(18)24-22(21)28-3/h12-15H,4-11H2,1-3H3,(H,25,29). The maximum absolute atomic E-state index is 5.73. The molecule has 1 aromatic carbocycles. The van der Waals surface area contributed by atoms with Gasteiger partial charge in [-0.2, -0.15) is 0 Å². The van der Waals surface area contributed by atoms with E-state index in [4.69, 9.17) is 21.9 Å². The van der Waals surface area contributed by atoms with Crippen LogP contribution in [0.4, 0.5) is 11.4 Å². The Bertz CT molecular complexity index is 886. The Hall–Kier alpha value is -2.34. The van der Waals surface area contributed by atoms with Gasteiger partial charge in [0.25, 0.3) is 0 Å². The van der Waals surface area contributed by atoms with E-state index in [1.807, 2.05) is 0 Å². The molecule has 0 amide bonds. The van der Waals surface area contributed by atoms with E-state index in [0.717, 1.165) is 49.8 Å². The summed E-state index contributed by atoms with van der Waals surface area (Å²) >= 11 is 5.73. The fraction of sp³-hybridized carbons (Fsp3) is 0.478. The van der Waals surface area contributed by atoms with Gasteiger partial charge in [0.15, 0.2) is 5.11 Å². The first-order valence-corrected chi connectivity index (χ1v) is 10.9. The maximum atomic E-state index is 5.73. The van der Waals surface area contributed by atoms with E-state index in [9.17, 15) is 0 Å². The van der Waals surface area contributed by atoms with E-state index in [2.05, 4.69) is 53.2 Å². The number of aryl methyl sites for hydroxylation is 4. The van der Waals surface area contributed by atoms with E-state index >= 15 is 0 Å². The fourth-order valence-electron chi connectivity index (χ4n) is 4.36.